The first kappa shape index (κ1) is 18.9. The van der Waals surface area contributed by atoms with Gasteiger partial charge in [0, 0.05) is 11.4 Å². The van der Waals surface area contributed by atoms with Crippen LogP contribution in [0.4, 0.5) is 18.0 Å². The number of urea groups is 1. The lowest BCUT2D eigenvalue weighted by atomic mass is 10.2. The van der Waals surface area contributed by atoms with Crippen molar-refractivity contribution in [3.05, 3.63) is 21.3 Å². The summed E-state index contributed by atoms with van der Waals surface area (Å²) in [5, 5.41) is 4.58. The fraction of sp³-hybridized carbons (Fsp3) is 0.571. The Morgan fingerprint density at radius 2 is 2.17 bits per heavy atom. The maximum absolute atomic E-state index is 12.3. The molecular weight excluding hydrogens is 367 g/mol. The third-order valence-electron chi connectivity index (χ3n) is 3.64. The monoisotopic (exact) mass is 383 g/mol. The number of thiophene rings is 1. The van der Waals surface area contributed by atoms with Gasteiger partial charge in [-0.25, -0.2) is 4.79 Å². The van der Waals surface area contributed by atoms with Crippen LogP contribution in [0, 0.1) is 0 Å². The Balaban J connectivity index is 1.94. The van der Waals surface area contributed by atoms with Crippen molar-refractivity contribution < 1.29 is 22.8 Å². The average Bonchev–Trinajstić information content (AvgIpc) is 3.12. The summed E-state index contributed by atoms with van der Waals surface area (Å²) in [6.07, 6.45) is -3.57. The molecule has 1 saturated heterocycles. The largest absolute Gasteiger partial charge is 0.405 e. The minimum Gasteiger partial charge on any atom is -0.345 e. The quantitative estimate of drug-likeness (QED) is 0.837. The minimum absolute atomic E-state index is 0.311. The molecule has 0 aromatic carbocycles. The molecule has 24 heavy (non-hydrogen) atoms. The molecule has 5 nitrogen and oxygen atoms in total. The maximum atomic E-state index is 12.3. The van der Waals surface area contributed by atoms with E-state index in [-0.39, 0.29) is 6.04 Å². The van der Waals surface area contributed by atoms with Crippen LogP contribution in [0.15, 0.2) is 12.1 Å². The number of carbonyl (C=O) groups is 2. The molecule has 0 bridgehead atoms. The number of hydrogen-bond donors (Lipinski definition) is 2. The van der Waals surface area contributed by atoms with Crippen LogP contribution in [0.3, 0.4) is 0 Å². The Morgan fingerprint density at radius 3 is 2.75 bits per heavy atom. The van der Waals surface area contributed by atoms with E-state index in [0.717, 1.165) is 4.88 Å². The summed E-state index contributed by atoms with van der Waals surface area (Å²) in [5.41, 5.74) is 0. The van der Waals surface area contributed by atoms with Crippen LogP contribution >= 0.6 is 22.9 Å². The third kappa shape index (κ3) is 5.01. The lowest BCUT2D eigenvalue weighted by Crippen LogP contribution is -2.51. The Morgan fingerprint density at radius 1 is 1.46 bits per heavy atom. The normalized spacial score (nSPS) is 19.2. The lowest BCUT2D eigenvalue weighted by Gasteiger charge is -2.26. The molecule has 0 radical (unpaired) electrons. The van der Waals surface area contributed by atoms with E-state index in [0.29, 0.717) is 23.7 Å². The van der Waals surface area contributed by atoms with Crippen molar-refractivity contribution in [3.63, 3.8) is 0 Å². The molecule has 2 heterocycles. The molecule has 0 unspecified atom stereocenters. The Labute approximate surface area is 146 Å². The molecule has 1 aromatic heterocycles. The van der Waals surface area contributed by atoms with E-state index in [1.165, 1.54) is 16.2 Å². The molecule has 1 aliphatic rings. The molecule has 1 aromatic rings. The van der Waals surface area contributed by atoms with Crippen LogP contribution in [0.5, 0.6) is 0 Å². The van der Waals surface area contributed by atoms with Gasteiger partial charge < -0.3 is 15.5 Å². The number of rotatable bonds is 4. The summed E-state index contributed by atoms with van der Waals surface area (Å²) in [7, 11) is 0. The second-order valence-corrected chi connectivity index (χ2v) is 7.24. The first-order valence-electron chi connectivity index (χ1n) is 7.34. The van der Waals surface area contributed by atoms with E-state index < -0.39 is 30.7 Å². The van der Waals surface area contributed by atoms with E-state index in [1.807, 2.05) is 5.32 Å². The smallest absolute Gasteiger partial charge is 0.345 e. The predicted octanol–water partition coefficient (Wildman–Crippen LogP) is 3.32. The van der Waals surface area contributed by atoms with E-state index in [1.54, 1.807) is 19.1 Å². The Kier molecular flexibility index (Phi) is 5.97. The molecule has 134 valence electrons. The van der Waals surface area contributed by atoms with Crippen molar-refractivity contribution >= 4 is 34.9 Å². The molecule has 0 saturated carbocycles. The molecule has 0 aliphatic carbocycles. The van der Waals surface area contributed by atoms with Gasteiger partial charge in [-0.15, -0.1) is 11.3 Å². The molecule has 2 N–H and O–H groups in total. The highest BCUT2D eigenvalue weighted by Gasteiger charge is 2.36. The molecule has 2 atom stereocenters. The average molecular weight is 384 g/mol. The van der Waals surface area contributed by atoms with Crippen LogP contribution < -0.4 is 10.6 Å². The van der Waals surface area contributed by atoms with E-state index >= 15 is 0 Å². The third-order valence-corrected chi connectivity index (χ3v) is 5.05. The van der Waals surface area contributed by atoms with Gasteiger partial charge >= 0.3 is 12.2 Å². The van der Waals surface area contributed by atoms with Gasteiger partial charge in [0.1, 0.15) is 12.6 Å². The van der Waals surface area contributed by atoms with Crippen LogP contribution in [0.25, 0.3) is 0 Å². The number of likely N-dealkylation sites (tertiary alicyclic amines) is 1. The number of halogens is 4. The second-order valence-electron chi connectivity index (χ2n) is 5.50. The molecule has 3 amide bonds. The van der Waals surface area contributed by atoms with Crippen molar-refractivity contribution in [2.24, 2.45) is 0 Å². The van der Waals surface area contributed by atoms with E-state index in [4.69, 9.17) is 11.6 Å². The minimum atomic E-state index is -4.48. The van der Waals surface area contributed by atoms with Crippen LogP contribution in [0.2, 0.25) is 4.34 Å². The fourth-order valence-corrected chi connectivity index (χ4v) is 3.55. The first-order chi connectivity index (χ1) is 11.2. The highest BCUT2D eigenvalue weighted by molar-refractivity contribution is 7.16. The van der Waals surface area contributed by atoms with Gasteiger partial charge in [-0.3, -0.25) is 4.79 Å². The van der Waals surface area contributed by atoms with E-state index in [9.17, 15) is 22.8 Å². The van der Waals surface area contributed by atoms with Gasteiger partial charge in [0.05, 0.1) is 10.4 Å². The van der Waals surface area contributed by atoms with Gasteiger partial charge in [0.15, 0.2) is 0 Å². The zero-order valence-electron chi connectivity index (χ0n) is 12.8. The highest BCUT2D eigenvalue weighted by Crippen LogP contribution is 2.27. The van der Waals surface area contributed by atoms with E-state index in [2.05, 4.69) is 5.32 Å². The standard InChI is InChI=1S/C14H17ClF3N3O2S/c1-8(10-4-5-11(15)24-10)20-13(23)21-6-2-3-9(21)12(22)19-7-14(16,17)18/h4-5,8-9H,2-3,6-7H2,1H3,(H,19,22)(H,20,23)/t8-,9+/m0/s1. The van der Waals surface area contributed by atoms with Crippen molar-refractivity contribution in [3.8, 4) is 0 Å². The Bertz CT molecular complexity index is 608. The number of alkyl halides is 3. The summed E-state index contributed by atoms with van der Waals surface area (Å²) in [4.78, 5) is 26.4. The first-order valence-corrected chi connectivity index (χ1v) is 8.53. The number of nitrogens with one attached hydrogen (secondary N) is 2. The molecule has 10 heteroatoms. The number of amides is 3. The summed E-state index contributed by atoms with van der Waals surface area (Å²) < 4.78 is 37.2. The highest BCUT2D eigenvalue weighted by atomic mass is 35.5. The number of nitrogens with zero attached hydrogens (tertiary/aromatic N) is 1. The maximum Gasteiger partial charge on any atom is 0.405 e. The van der Waals surface area contributed by atoms with Crippen LogP contribution in [0.1, 0.15) is 30.7 Å². The molecule has 0 spiro atoms. The second kappa shape index (κ2) is 7.60. The van der Waals surface area contributed by atoms with Crippen molar-refractivity contribution in [1.82, 2.24) is 15.5 Å². The Hall–Kier alpha value is -1.48. The van der Waals surface area contributed by atoms with Crippen LogP contribution in [-0.4, -0.2) is 42.1 Å². The molecule has 2 rings (SSSR count). The van der Waals surface area contributed by atoms with Gasteiger partial charge in [-0.1, -0.05) is 11.6 Å². The summed E-state index contributed by atoms with van der Waals surface area (Å²) in [6, 6.07) is 1.83. The van der Waals surface area contributed by atoms with Gasteiger partial charge in [0.25, 0.3) is 0 Å². The number of hydrogen-bond acceptors (Lipinski definition) is 3. The van der Waals surface area contributed by atoms with Gasteiger partial charge in [-0.2, -0.15) is 13.2 Å². The number of carbonyl (C=O) groups excluding carboxylic acids is 2. The molecule has 1 fully saturated rings. The lowest BCUT2D eigenvalue weighted by molar-refractivity contribution is -0.140. The predicted molar refractivity (Wildman–Crippen MR) is 85.1 cm³/mol. The zero-order chi connectivity index (χ0) is 17.9. The zero-order valence-corrected chi connectivity index (χ0v) is 14.4. The fourth-order valence-electron chi connectivity index (χ4n) is 2.49. The molecule has 1 aliphatic heterocycles. The summed E-state index contributed by atoms with van der Waals surface area (Å²) in [5.74, 6) is -0.785. The topological polar surface area (TPSA) is 61.4 Å². The van der Waals surface area contributed by atoms with Gasteiger partial charge in [-0.05, 0) is 31.9 Å². The summed E-state index contributed by atoms with van der Waals surface area (Å²) >= 11 is 7.18. The molecular formula is C14H17ClF3N3O2S. The van der Waals surface area contributed by atoms with Crippen molar-refractivity contribution in [2.45, 2.75) is 38.0 Å². The summed E-state index contributed by atoms with van der Waals surface area (Å²) in [6.45, 7) is 0.699. The van der Waals surface area contributed by atoms with Crippen molar-refractivity contribution in [2.75, 3.05) is 13.1 Å². The SMILES string of the molecule is C[C@H](NC(=O)N1CCC[C@@H]1C(=O)NCC(F)(F)F)c1ccc(Cl)s1. The van der Waals surface area contributed by atoms with Gasteiger partial charge in [0.2, 0.25) is 5.91 Å². The van der Waals surface area contributed by atoms with Crippen LogP contribution in [-0.2, 0) is 4.79 Å². The van der Waals surface area contributed by atoms with Crippen molar-refractivity contribution in [1.29, 1.82) is 0 Å².